The van der Waals surface area contributed by atoms with Gasteiger partial charge in [-0.3, -0.25) is 30.3 Å². The number of nitro benzene ring substituents is 3. The van der Waals surface area contributed by atoms with Gasteiger partial charge in [0.25, 0.3) is 11.4 Å². The number of para-hydroxylation sites is 1. The van der Waals surface area contributed by atoms with Crippen LogP contribution < -0.4 is 4.90 Å². The third kappa shape index (κ3) is 7.88. The second-order valence-corrected chi connectivity index (χ2v) is 7.63. The van der Waals surface area contributed by atoms with E-state index in [9.17, 15) is 30.3 Å². The van der Waals surface area contributed by atoms with Crippen LogP contribution in [0.1, 0.15) is 27.7 Å². The summed E-state index contributed by atoms with van der Waals surface area (Å²) in [6, 6.07) is 11.6. The van der Waals surface area contributed by atoms with Crippen LogP contribution in [-0.4, -0.2) is 33.0 Å². The summed E-state index contributed by atoms with van der Waals surface area (Å²) in [7, 11) is 0. The highest BCUT2D eigenvalue weighted by Gasteiger charge is 2.30. The molecule has 2 rings (SSSR count). The lowest BCUT2D eigenvalue weighted by atomic mass is 10.1. The lowest BCUT2D eigenvalue weighted by molar-refractivity contribution is -0.404. The smallest absolute Gasteiger partial charge is 0.324 e. The van der Waals surface area contributed by atoms with Crippen molar-refractivity contribution >= 4 is 22.7 Å². The van der Waals surface area contributed by atoms with Gasteiger partial charge in [-0.2, -0.15) is 0 Å². The molecular formula is C20H26N4O7. The number of rotatable bonds is 8. The first-order valence-electron chi connectivity index (χ1n) is 9.54. The minimum atomic E-state index is -1.21. The topological polar surface area (TPSA) is 153 Å². The van der Waals surface area contributed by atoms with Crippen molar-refractivity contribution in [3.05, 3.63) is 72.8 Å². The van der Waals surface area contributed by atoms with Gasteiger partial charge in [0.2, 0.25) is 0 Å². The maximum absolute atomic E-state index is 10.4. The Kier molecular flexibility index (Phi) is 9.32. The Labute approximate surface area is 179 Å². The van der Waals surface area contributed by atoms with Crippen LogP contribution in [0.5, 0.6) is 5.75 Å². The van der Waals surface area contributed by atoms with Gasteiger partial charge in [0.05, 0.1) is 26.9 Å². The van der Waals surface area contributed by atoms with Crippen molar-refractivity contribution in [3.63, 3.8) is 0 Å². The van der Waals surface area contributed by atoms with Gasteiger partial charge in [-0.1, -0.05) is 45.9 Å². The van der Waals surface area contributed by atoms with Gasteiger partial charge in [-0.15, -0.1) is 0 Å². The zero-order chi connectivity index (χ0) is 23.7. The molecule has 2 aromatic carbocycles. The number of hydrogen-bond donors (Lipinski definition) is 1. The summed E-state index contributed by atoms with van der Waals surface area (Å²) in [4.78, 5) is 30.3. The van der Waals surface area contributed by atoms with Gasteiger partial charge in [0.15, 0.2) is 0 Å². The Balaban J connectivity index is 0.000000311. The Morgan fingerprint density at radius 2 is 1.23 bits per heavy atom. The first-order valence-corrected chi connectivity index (χ1v) is 9.54. The van der Waals surface area contributed by atoms with Crippen molar-refractivity contribution in [2.24, 2.45) is 11.8 Å². The average molecular weight is 434 g/mol. The summed E-state index contributed by atoms with van der Waals surface area (Å²) in [5.41, 5.74) is -1.65. The summed E-state index contributed by atoms with van der Waals surface area (Å²) in [5.74, 6) is 0.216. The standard InChI is InChI=1S/C14H23N.C6H3N3O7/c1-12(2)10-15(11-13(3)4)14-8-6-5-7-9-14;10-6-4(8(13)14)1-3(7(11)12)2-5(6)9(15)16/h5-9,12-13H,10-11H2,1-4H3;1-2,10H. The van der Waals surface area contributed by atoms with Gasteiger partial charge in [0, 0.05) is 18.8 Å². The molecule has 168 valence electrons. The molecule has 0 spiro atoms. The molecule has 0 atom stereocenters. The van der Waals surface area contributed by atoms with Crippen LogP contribution in [-0.2, 0) is 0 Å². The maximum Gasteiger partial charge on any atom is 0.324 e. The highest BCUT2D eigenvalue weighted by Crippen LogP contribution is 2.38. The molecule has 0 heterocycles. The molecule has 0 saturated carbocycles. The normalized spacial score (nSPS) is 10.4. The fraction of sp³-hybridized carbons (Fsp3) is 0.400. The van der Waals surface area contributed by atoms with Gasteiger partial charge in [-0.05, 0) is 24.0 Å². The van der Waals surface area contributed by atoms with E-state index in [1.807, 2.05) is 0 Å². The van der Waals surface area contributed by atoms with E-state index in [0.717, 1.165) is 13.1 Å². The van der Waals surface area contributed by atoms with Crippen LogP contribution in [0.2, 0.25) is 0 Å². The quantitative estimate of drug-likeness (QED) is 0.453. The molecule has 11 nitrogen and oxygen atoms in total. The van der Waals surface area contributed by atoms with E-state index in [-0.39, 0.29) is 0 Å². The Morgan fingerprint density at radius 1 is 0.806 bits per heavy atom. The molecule has 0 fully saturated rings. The molecule has 0 amide bonds. The van der Waals surface area contributed by atoms with E-state index in [4.69, 9.17) is 5.11 Å². The van der Waals surface area contributed by atoms with Crippen molar-refractivity contribution < 1.29 is 19.9 Å². The van der Waals surface area contributed by atoms with Gasteiger partial charge in [0.1, 0.15) is 0 Å². The second kappa shape index (κ2) is 11.4. The fourth-order valence-corrected chi connectivity index (χ4v) is 2.78. The lowest BCUT2D eigenvalue weighted by Gasteiger charge is -2.28. The van der Waals surface area contributed by atoms with Gasteiger partial charge >= 0.3 is 11.4 Å². The van der Waals surface area contributed by atoms with E-state index in [0.29, 0.717) is 24.0 Å². The predicted molar refractivity (Wildman–Crippen MR) is 116 cm³/mol. The van der Waals surface area contributed by atoms with Crippen molar-refractivity contribution in [1.82, 2.24) is 0 Å². The van der Waals surface area contributed by atoms with Crippen LogP contribution in [0.4, 0.5) is 22.7 Å². The second-order valence-electron chi connectivity index (χ2n) is 7.63. The monoisotopic (exact) mass is 434 g/mol. The summed E-state index contributed by atoms with van der Waals surface area (Å²) >= 11 is 0. The average Bonchev–Trinajstić information content (AvgIpc) is 2.67. The van der Waals surface area contributed by atoms with Crippen molar-refractivity contribution in [3.8, 4) is 5.75 Å². The van der Waals surface area contributed by atoms with E-state index >= 15 is 0 Å². The summed E-state index contributed by atoms with van der Waals surface area (Å²) in [6.07, 6.45) is 0. The van der Waals surface area contributed by atoms with Crippen molar-refractivity contribution in [2.75, 3.05) is 18.0 Å². The molecule has 0 bridgehead atoms. The molecule has 2 aromatic rings. The van der Waals surface area contributed by atoms with Gasteiger partial charge in [-0.25, -0.2) is 0 Å². The summed E-state index contributed by atoms with van der Waals surface area (Å²) < 4.78 is 0. The minimum Gasteiger partial charge on any atom is -0.497 e. The molecular weight excluding hydrogens is 408 g/mol. The van der Waals surface area contributed by atoms with Crippen LogP contribution in [0, 0.1) is 42.2 Å². The number of phenols is 1. The predicted octanol–water partition coefficient (Wildman–Crippen LogP) is 4.92. The Bertz CT molecular complexity index is 872. The molecule has 31 heavy (non-hydrogen) atoms. The third-order valence-electron chi connectivity index (χ3n) is 3.95. The largest absolute Gasteiger partial charge is 0.497 e. The third-order valence-corrected chi connectivity index (χ3v) is 3.95. The fourth-order valence-electron chi connectivity index (χ4n) is 2.78. The van der Waals surface area contributed by atoms with E-state index in [1.165, 1.54) is 5.69 Å². The number of non-ortho nitro benzene ring substituents is 1. The first-order chi connectivity index (χ1) is 14.4. The zero-order valence-corrected chi connectivity index (χ0v) is 17.8. The first kappa shape index (κ1) is 25.3. The number of benzene rings is 2. The molecule has 1 N–H and O–H groups in total. The molecule has 0 aliphatic heterocycles. The number of anilines is 1. The Hall–Kier alpha value is -3.76. The van der Waals surface area contributed by atoms with E-state index < -0.39 is 37.6 Å². The SMILES string of the molecule is CC(C)CN(CC(C)C)c1ccccc1.O=[N+]([O-])c1cc([N+](=O)[O-])c(O)c([N+](=O)[O-])c1. The zero-order valence-electron chi connectivity index (χ0n) is 17.8. The Morgan fingerprint density at radius 3 is 1.55 bits per heavy atom. The molecule has 0 unspecified atom stereocenters. The van der Waals surface area contributed by atoms with Crippen LogP contribution in [0.3, 0.4) is 0 Å². The lowest BCUT2D eigenvalue weighted by Crippen LogP contribution is -2.31. The number of hydrogen-bond acceptors (Lipinski definition) is 8. The highest BCUT2D eigenvalue weighted by molar-refractivity contribution is 5.64. The molecule has 11 heteroatoms. The van der Waals surface area contributed by atoms with Crippen LogP contribution >= 0.6 is 0 Å². The van der Waals surface area contributed by atoms with Gasteiger partial charge < -0.3 is 10.0 Å². The maximum atomic E-state index is 10.4. The van der Waals surface area contributed by atoms with Crippen molar-refractivity contribution in [1.29, 1.82) is 0 Å². The molecule has 0 aromatic heterocycles. The summed E-state index contributed by atoms with van der Waals surface area (Å²) in [5, 5.41) is 40.2. The van der Waals surface area contributed by atoms with E-state index in [2.05, 4.69) is 62.9 Å². The number of phenolic OH excluding ortho intramolecular Hbond substituents is 1. The minimum absolute atomic E-state index is 0.447. The summed E-state index contributed by atoms with van der Waals surface area (Å²) in [6.45, 7) is 11.4. The molecule has 0 aliphatic carbocycles. The molecule has 0 aliphatic rings. The molecule has 0 saturated heterocycles. The van der Waals surface area contributed by atoms with Crippen molar-refractivity contribution in [2.45, 2.75) is 27.7 Å². The molecule has 0 radical (unpaired) electrons. The number of nitro groups is 3. The van der Waals surface area contributed by atoms with E-state index in [1.54, 1.807) is 0 Å². The highest BCUT2D eigenvalue weighted by atomic mass is 16.6. The van der Waals surface area contributed by atoms with Crippen LogP contribution in [0.25, 0.3) is 0 Å². The number of nitrogens with zero attached hydrogens (tertiary/aromatic N) is 4. The number of aromatic hydroxyl groups is 1. The van der Waals surface area contributed by atoms with Crippen LogP contribution in [0.15, 0.2) is 42.5 Å².